The van der Waals surface area contributed by atoms with E-state index in [0.29, 0.717) is 11.3 Å². The minimum Gasteiger partial charge on any atom is -0.353 e. The number of anilines is 1. The second-order valence-electron chi connectivity index (χ2n) is 5.61. The van der Waals surface area contributed by atoms with E-state index in [2.05, 4.69) is 10.6 Å². The van der Waals surface area contributed by atoms with E-state index >= 15 is 0 Å². The van der Waals surface area contributed by atoms with Gasteiger partial charge in [0.15, 0.2) is 0 Å². The first-order valence-corrected chi connectivity index (χ1v) is 7.62. The van der Waals surface area contributed by atoms with Crippen molar-refractivity contribution in [2.24, 2.45) is 0 Å². The molecule has 0 aromatic heterocycles. The summed E-state index contributed by atoms with van der Waals surface area (Å²) >= 11 is 5.94. The zero-order chi connectivity index (χ0) is 17.6. The van der Waals surface area contributed by atoms with E-state index in [-0.39, 0.29) is 29.4 Å². The molecule has 0 saturated carbocycles. The van der Waals surface area contributed by atoms with Gasteiger partial charge in [-0.2, -0.15) is 5.26 Å². The van der Waals surface area contributed by atoms with Crippen molar-refractivity contribution in [3.63, 3.8) is 0 Å². The molecule has 0 fully saturated rings. The molecule has 0 aliphatic heterocycles. The first-order valence-electron chi connectivity index (χ1n) is 7.24. The number of carbonyl (C=O) groups excluding carboxylic acids is 2. The van der Waals surface area contributed by atoms with Gasteiger partial charge in [-0.1, -0.05) is 11.6 Å². The molecule has 1 aromatic rings. The number of amides is 2. The number of likely N-dealkylation sites (N-methyl/N-ethyl adjacent to an activating group) is 1. The standard InChI is InChI=1S/C16H21ClN4O2/c1-10(2)19-15(22)9-21(4)11(3)16(23)20-13-6-5-12(8-18)14(17)7-13/h5-7,10-11H,9H2,1-4H3,(H,19,22)(H,20,23). The molecule has 0 aliphatic carbocycles. The van der Waals surface area contributed by atoms with Gasteiger partial charge in [-0.05, 0) is 46.0 Å². The van der Waals surface area contributed by atoms with Gasteiger partial charge in [-0.25, -0.2) is 0 Å². The van der Waals surface area contributed by atoms with Gasteiger partial charge in [0.1, 0.15) is 6.07 Å². The average molecular weight is 337 g/mol. The Morgan fingerprint density at radius 3 is 2.52 bits per heavy atom. The molecule has 1 unspecified atom stereocenters. The lowest BCUT2D eigenvalue weighted by atomic mass is 10.2. The maximum absolute atomic E-state index is 12.2. The van der Waals surface area contributed by atoms with E-state index in [4.69, 9.17) is 16.9 Å². The van der Waals surface area contributed by atoms with E-state index in [1.165, 1.54) is 6.07 Å². The minimum absolute atomic E-state index is 0.0563. The third kappa shape index (κ3) is 5.89. The van der Waals surface area contributed by atoms with Crippen LogP contribution >= 0.6 is 11.6 Å². The first-order chi connectivity index (χ1) is 10.7. The summed E-state index contributed by atoms with van der Waals surface area (Å²) in [6.45, 7) is 5.59. The summed E-state index contributed by atoms with van der Waals surface area (Å²) in [7, 11) is 1.70. The van der Waals surface area contributed by atoms with Crippen LogP contribution in [-0.2, 0) is 9.59 Å². The molecular formula is C16H21ClN4O2. The maximum Gasteiger partial charge on any atom is 0.241 e. The highest BCUT2D eigenvalue weighted by Gasteiger charge is 2.20. The van der Waals surface area contributed by atoms with Crippen LogP contribution in [0.2, 0.25) is 5.02 Å². The number of rotatable bonds is 6. The number of nitrogens with zero attached hydrogens (tertiary/aromatic N) is 2. The number of hydrogen-bond acceptors (Lipinski definition) is 4. The summed E-state index contributed by atoms with van der Waals surface area (Å²) in [6.07, 6.45) is 0. The molecule has 0 heterocycles. The van der Waals surface area contributed by atoms with Gasteiger partial charge < -0.3 is 10.6 Å². The molecule has 1 atom stereocenters. The van der Waals surface area contributed by atoms with Crippen molar-refractivity contribution in [1.29, 1.82) is 5.26 Å². The first kappa shape index (κ1) is 18.9. The third-order valence-electron chi connectivity index (χ3n) is 3.24. The van der Waals surface area contributed by atoms with Crippen LogP contribution in [0.3, 0.4) is 0 Å². The van der Waals surface area contributed by atoms with Gasteiger partial charge in [0.05, 0.1) is 23.2 Å². The number of halogens is 1. The lowest BCUT2D eigenvalue weighted by molar-refractivity contribution is -0.125. The maximum atomic E-state index is 12.2. The summed E-state index contributed by atoms with van der Waals surface area (Å²) in [6, 6.07) is 6.19. The van der Waals surface area contributed by atoms with Crippen LogP contribution < -0.4 is 10.6 Å². The van der Waals surface area contributed by atoms with Crippen LogP contribution in [0.25, 0.3) is 0 Å². The average Bonchev–Trinajstić information content (AvgIpc) is 2.45. The molecule has 0 radical (unpaired) electrons. The van der Waals surface area contributed by atoms with Gasteiger partial charge in [0.25, 0.3) is 0 Å². The monoisotopic (exact) mass is 336 g/mol. The third-order valence-corrected chi connectivity index (χ3v) is 3.55. The van der Waals surface area contributed by atoms with Crippen LogP contribution in [0.15, 0.2) is 18.2 Å². The second-order valence-corrected chi connectivity index (χ2v) is 6.02. The van der Waals surface area contributed by atoms with Crippen molar-refractivity contribution >= 4 is 29.1 Å². The molecule has 1 rings (SSSR count). The predicted molar refractivity (Wildman–Crippen MR) is 90.2 cm³/mol. The molecule has 2 amide bonds. The number of carbonyl (C=O) groups is 2. The van der Waals surface area contributed by atoms with E-state index in [9.17, 15) is 9.59 Å². The number of benzene rings is 1. The van der Waals surface area contributed by atoms with Gasteiger partial charge >= 0.3 is 0 Å². The Morgan fingerprint density at radius 1 is 1.35 bits per heavy atom. The molecule has 0 saturated heterocycles. The summed E-state index contributed by atoms with van der Waals surface area (Å²) in [5.41, 5.74) is 0.853. The molecule has 2 N–H and O–H groups in total. The fourth-order valence-electron chi connectivity index (χ4n) is 1.86. The summed E-state index contributed by atoms with van der Waals surface area (Å²) in [5.74, 6) is -0.394. The zero-order valence-electron chi connectivity index (χ0n) is 13.7. The minimum atomic E-state index is -0.498. The van der Waals surface area contributed by atoms with Crippen LogP contribution in [0.5, 0.6) is 0 Å². The fraction of sp³-hybridized carbons (Fsp3) is 0.438. The Kier molecular flexibility index (Phi) is 7.01. The molecule has 6 nitrogen and oxygen atoms in total. The van der Waals surface area contributed by atoms with E-state index in [1.54, 1.807) is 31.0 Å². The largest absolute Gasteiger partial charge is 0.353 e. The van der Waals surface area contributed by atoms with Crippen LogP contribution in [0.4, 0.5) is 5.69 Å². The Bertz CT molecular complexity index is 625. The lowest BCUT2D eigenvalue weighted by Crippen LogP contribution is -2.45. The molecule has 124 valence electrons. The Morgan fingerprint density at radius 2 is 2.00 bits per heavy atom. The highest BCUT2D eigenvalue weighted by molar-refractivity contribution is 6.32. The fourth-order valence-corrected chi connectivity index (χ4v) is 2.08. The molecular weight excluding hydrogens is 316 g/mol. The number of hydrogen-bond donors (Lipinski definition) is 2. The summed E-state index contributed by atoms with van der Waals surface area (Å²) < 4.78 is 0. The summed E-state index contributed by atoms with van der Waals surface area (Å²) in [5, 5.41) is 14.6. The van der Waals surface area contributed by atoms with E-state index in [0.717, 1.165) is 0 Å². The van der Waals surface area contributed by atoms with Crippen LogP contribution in [-0.4, -0.2) is 42.4 Å². The van der Waals surface area contributed by atoms with Crippen molar-refractivity contribution in [2.75, 3.05) is 18.9 Å². The normalized spacial score (nSPS) is 11.9. The zero-order valence-corrected chi connectivity index (χ0v) is 14.4. The smallest absolute Gasteiger partial charge is 0.241 e. The topological polar surface area (TPSA) is 85.2 Å². The Hall–Kier alpha value is -2.10. The molecule has 0 bridgehead atoms. The van der Waals surface area contributed by atoms with Crippen LogP contribution in [0.1, 0.15) is 26.3 Å². The second kappa shape index (κ2) is 8.51. The van der Waals surface area contributed by atoms with Gasteiger partial charge in [0, 0.05) is 11.7 Å². The van der Waals surface area contributed by atoms with Crippen molar-refractivity contribution < 1.29 is 9.59 Å². The van der Waals surface area contributed by atoms with Gasteiger partial charge in [-0.15, -0.1) is 0 Å². The Labute approximate surface area is 141 Å². The number of nitrogens with one attached hydrogen (secondary N) is 2. The van der Waals surface area contributed by atoms with E-state index in [1.807, 2.05) is 19.9 Å². The van der Waals surface area contributed by atoms with Crippen molar-refractivity contribution in [1.82, 2.24) is 10.2 Å². The SMILES string of the molecule is CC(C)NC(=O)CN(C)C(C)C(=O)Nc1ccc(C#N)c(Cl)c1. The lowest BCUT2D eigenvalue weighted by Gasteiger charge is -2.23. The Balaban J connectivity index is 2.64. The molecule has 7 heteroatoms. The molecule has 23 heavy (non-hydrogen) atoms. The van der Waals surface area contributed by atoms with Gasteiger partial charge in [0.2, 0.25) is 11.8 Å². The molecule has 1 aromatic carbocycles. The molecule has 0 aliphatic rings. The molecule has 0 spiro atoms. The van der Waals surface area contributed by atoms with Crippen molar-refractivity contribution in [2.45, 2.75) is 32.9 Å². The van der Waals surface area contributed by atoms with Gasteiger partial charge in [-0.3, -0.25) is 14.5 Å². The quantitative estimate of drug-likeness (QED) is 0.832. The van der Waals surface area contributed by atoms with Crippen LogP contribution in [0, 0.1) is 11.3 Å². The van der Waals surface area contributed by atoms with E-state index < -0.39 is 6.04 Å². The highest BCUT2D eigenvalue weighted by Crippen LogP contribution is 2.20. The number of nitriles is 1. The van der Waals surface area contributed by atoms with Crippen molar-refractivity contribution in [3.8, 4) is 6.07 Å². The predicted octanol–water partition coefficient (Wildman–Crippen LogP) is 2.00. The summed E-state index contributed by atoms with van der Waals surface area (Å²) in [4.78, 5) is 25.6. The van der Waals surface area contributed by atoms with Crippen molar-refractivity contribution in [3.05, 3.63) is 28.8 Å². The highest BCUT2D eigenvalue weighted by atomic mass is 35.5.